The zero-order valence-corrected chi connectivity index (χ0v) is 18.2. The quantitative estimate of drug-likeness (QED) is 0.505. The predicted octanol–water partition coefficient (Wildman–Crippen LogP) is 4.51. The molecule has 0 radical (unpaired) electrons. The number of carbonyl (C=O) groups excluding carboxylic acids is 1. The van der Waals surface area contributed by atoms with Crippen molar-refractivity contribution in [3.8, 4) is 5.75 Å². The van der Waals surface area contributed by atoms with Crippen LogP contribution in [0.3, 0.4) is 0 Å². The molecule has 1 aromatic rings. The fourth-order valence-electron chi connectivity index (χ4n) is 2.80. The van der Waals surface area contributed by atoms with Crippen LogP contribution in [0.25, 0.3) is 0 Å². The molecule has 0 bridgehead atoms. The van der Waals surface area contributed by atoms with Crippen LogP contribution >= 0.6 is 0 Å². The molecule has 1 aliphatic rings. The lowest BCUT2D eigenvalue weighted by molar-refractivity contribution is -0.114. The van der Waals surface area contributed by atoms with Gasteiger partial charge in [0.1, 0.15) is 24.7 Å². The van der Waals surface area contributed by atoms with Crippen molar-refractivity contribution in [1.29, 1.82) is 0 Å². The first-order valence-electron chi connectivity index (χ1n) is 10.2. The van der Waals surface area contributed by atoms with Crippen LogP contribution in [0.2, 0.25) is 0 Å². The third-order valence-corrected chi connectivity index (χ3v) is 4.38. The number of benzene rings is 1. The van der Waals surface area contributed by atoms with E-state index >= 15 is 0 Å². The molecule has 0 atom stereocenters. The average molecular weight is 409 g/mol. The molecule has 0 fully saturated rings. The zero-order chi connectivity index (χ0) is 21.8. The third-order valence-electron chi connectivity index (χ3n) is 4.38. The lowest BCUT2D eigenvalue weighted by Gasteiger charge is -2.19. The highest BCUT2D eigenvalue weighted by Gasteiger charge is 2.16. The van der Waals surface area contributed by atoms with E-state index in [0.717, 1.165) is 30.0 Å². The van der Waals surface area contributed by atoms with Crippen LogP contribution in [0.5, 0.6) is 5.75 Å². The van der Waals surface area contributed by atoms with Crippen molar-refractivity contribution in [3.05, 3.63) is 84.7 Å². The van der Waals surface area contributed by atoms with Crippen molar-refractivity contribution in [2.24, 2.45) is 0 Å². The largest absolute Gasteiger partial charge is 0.492 e. The van der Waals surface area contributed by atoms with Gasteiger partial charge < -0.3 is 19.3 Å². The number of nitrogens with zero attached hydrogens (tertiary/aromatic N) is 2. The molecule has 0 N–H and O–H groups in total. The molecular formula is C25H32N2O3. The number of carbonyl (C=O) groups is 1. The minimum atomic E-state index is -0.112. The molecular weight excluding hydrogens is 376 g/mol. The van der Waals surface area contributed by atoms with Crippen molar-refractivity contribution < 1.29 is 14.3 Å². The molecule has 160 valence electrons. The number of hydrogen-bond acceptors (Lipinski definition) is 4. The summed E-state index contributed by atoms with van der Waals surface area (Å²) in [7, 11) is 4.02. The molecule has 1 amide bonds. The molecule has 0 aromatic heterocycles. The van der Waals surface area contributed by atoms with E-state index in [1.807, 2.05) is 62.7 Å². The first kappa shape index (κ1) is 23.2. The van der Waals surface area contributed by atoms with Gasteiger partial charge in [-0.05, 0) is 56.4 Å². The van der Waals surface area contributed by atoms with E-state index in [1.165, 1.54) is 6.08 Å². The molecule has 1 aliphatic heterocycles. The minimum Gasteiger partial charge on any atom is -0.492 e. The third kappa shape index (κ3) is 7.76. The first-order valence-corrected chi connectivity index (χ1v) is 10.2. The Morgan fingerprint density at radius 2 is 2.00 bits per heavy atom. The maximum Gasteiger partial charge on any atom is 0.254 e. The normalized spacial score (nSPS) is 14.8. The van der Waals surface area contributed by atoms with Crippen molar-refractivity contribution >= 4 is 11.6 Å². The number of allylic oxidation sites excluding steroid dienone is 4. The number of amides is 1. The van der Waals surface area contributed by atoms with Gasteiger partial charge in [-0.25, -0.2) is 0 Å². The summed E-state index contributed by atoms with van der Waals surface area (Å²) in [4.78, 5) is 16.5. The van der Waals surface area contributed by atoms with Crippen molar-refractivity contribution in [3.63, 3.8) is 0 Å². The van der Waals surface area contributed by atoms with E-state index in [0.29, 0.717) is 25.5 Å². The standard InChI is InChI=1S/C25H32N2O3/c1-5-7-10-21(9-6-2)20-30-24-11-8-16-27(25(28)19-24)22-12-14-23(15-13-22)29-18-17-26(3)4/h5,7-15,19H,1,6,16-18,20H2,2-4H3/b10-7-,21-9+. The monoisotopic (exact) mass is 408 g/mol. The van der Waals surface area contributed by atoms with Gasteiger partial charge in [-0.15, -0.1) is 0 Å². The Morgan fingerprint density at radius 3 is 2.67 bits per heavy atom. The molecule has 0 unspecified atom stereocenters. The summed E-state index contributed by atoms with van der Waals surface area (Å²) in [5.74, 6) is 1.24. The predicted molar refractivity (Wildman–Crippen MR) is 124 cm³/mol. The number of likely N-dealkylation sites (N-methyl/N-ethyl adjacent to an activating group) is 1. The van der Waals surface area contributed by atoms with Crippen LogP contribution in [0.4, 0.5) is 5.69 Å². The van der Waals surface area contributed by atoms with Crippen molar-refractivity contribution in [2.75, 3.05) is 45.3 Å². The van der Waals surface area contributed by atoms with E-state index in [1.54, 1.807) is 11.0 Å². The van der Waals surface area contributed by atoms with Gasteiger partial charge in [0.15, 0.2) is 0 Å². The number of rotatable bonds is 11. The molecule has 0 saturated carbocycles. The van der Waals surface area contributed by atoms with Gasteiger partial charge in [0, 0.05) is 24.9 Å². The van der Waals surface area contributed by atoms with Crippen LogP contribution in [-0.2, 0) is 9.53 Å². The fraction of sp³-hybridized carbons (Fsp3) is 0.320. The van der Waals surface area contributed by atoms with Crippen LogP contribution in [0, 0.1) is 0 Å². The number of ether oxygens (including phenoxy) is 2. The second-order valence-electron chi connectivity index (χ2n) is 7.11. The maximum absolute atomic E-state index is 12.8. The molecule has 30 heavy (non-hydrogen) atoms. The second-order valence-corrected chi connectivity index (χ2v) is 7.11. The molecule has 1 aromatic carbocycles. The molecule has 0 spiro atoms. The van der Waals surface area contributed by atoms with Crippen LogP contribution in [0.15, 0.2) is 84.7 Å². The second kappa shape index (κ2) is 12.5. The summed E-state index contributed by atoms with van der Waals surface area (Å²) in [6.45, 7) is 8.13. The first-order chi connectivity index (χ1) is 14.5. The van der Waals surface area contributed by atoms with Gasteiger partial charge in [0.25, 0.3) is 5.91 Å². The number of hydrogen-bond donors (Lipinski definition) is 0. The minimum absolute atomic E-state index is 0.112. The Morgan fingerprint density at radius 1 is 1.23 bits per heavy atom. The Kier molecular flexibility index (Phi) is 9.68. The molecule has 5 heteroatoms. The van der Waals surface area contributed by atoms with Gasteiger partial charge in [0.2, 0.25) is 0 Å². The maximum atomic E-state index is 12.8. The Hall–Kier alpha value is -3.05. The molecule has 1 heterocycles. The summed E-state index contributed by atoms with van der Waals surface area (Å²) in [5, 5.41) is 0. The highest BCUT2D eigenvalue weighted by Crippen LogP contribution is 2.22. The van der Waals surface area contributed by atoms with Gasteiger partial charge in [-0.2, -0.15) is 0 Å². The van der Waals surface area contributed by atoms with Crippen molar-refractivity contribution in [1.82, 2.24) is 4.90 Å². The Bertz CT molecular complexity index is 817. The fourth-order valence-corrected chi connectivity index (χ4v) is 2.80. The highest BCUT2D eigenvalue weighted by atomic mass is 16.5. The van der Waals surface area contributed by atoms with E-state index in [9.17, 15) is 4.79 Å². The van der Waals surface area contributed by atoms with E-state index in [-0.39, 0.29) is 5.91 Å². The lowest BCUT2D eigenvalue weighted by Crippen LogP contribution is -2.28. The summed E-state index contributed by atoms with van der Waals surface area (Å²) in [5.41, 5.74) is 1.87. The molecule has 5 nitrogen and oxygen atoms in total. The van der Waals surface area contributed by atoms with Crippen LogP contribution < -0.4 is 9.64 Å². The summed E-state index contributed by atoms with van der Waals surface area (Å²) in [6.07, 6.45) is 13.9. The van der Waals surface area contributed by atoms with Gasteiger partial charge in [0.05, 0.1) is 0 Å². The lowest BCUT2D eigenvalue weighted by atomic mass is 10.2. The highest BCUT2D eigenvalue weighted by molar-refractivity contribution is 6.02. The van der Waals surface area contributed by atoms with Gasteiger partial charge >= 0.3 is 0 Å². The summed E-state index contributed by atoms with van der Waals surface area (Å²) in [6, 6.07) is 7.58. The van der Waals surface area contributed by atoms with Crippen LogP contribution in [-0.4, -0.2) is 51.2 Å². The van der Waals surface area contributed by atoms with Gasteiger partial charge in [-0.3, -0.25) is 4.79 Å². The Labute approximate surface area is 180 Å². The van der Waals surface area contributed by atoms with E-state index in [2.05, 4.69) is 24.5 Å². The molecule has 0 saturated heterocycles. The smallest absolute Gasteiger partial charge is 0.254 e. The van der Waals surface area contributed by atoms with Gasteiger partial charge in [-0.1, -0.05) is 43.9 Å². The topological polar surface area (TPSA) is 42.0 Å². The van der Waals surface area contributed by atoms with E-state index in [4.69, 9.17) is 9.47 Å². The Balaban J connectivity index is 2.00. The SMILES string of the molecule is C=C/C=C\C(=C/CC)COC1=CC(=O)N(c2ccc(OCCN(C)C)cc2)CC=C1. The summed E-state index contributed by atoms with van der Waals surface area (Å²) >= 11 is 0. The van der Waals surface area contributed by atoms with E-state index < -0.39 is 0 Å². The number of anilines is 1. The average Bonchev–Trinajstić information content (AvgIpc) is 2.91. The molecule has 2 rings (SSSR count). The van der Waals surface area contributed by atoms with Crippen LogP contribution in [0.1, 0.15) is 13.3 Å². The molecule has 0 aliphatic carbocycles. The summed E-state index contributed by atoms with van der Waals surface area (Å²) < 4.78 is 11.6. The van der Waals surface area contributed by atoms with Crippen molar-refractivity contribution in [2.45, 2.75) is 13.3 Å². The zero-order valence-electron chi connectivity index (χ0n) is 18.2.